The maximum absolute atomic E-state index is 14.0. The van der Waals surface area contributed by atoms with Gasteiger partial charge in [-0.15, -0.1) is 11.3 Å². The number of carbonyl (C=O) groups is 1. The van der Waals surface area contributed by atoms with Gasteiger partial charge in [0.2, 0.25) is 5.91 Å². The molecule has 0 aliphatic carbocycles. The Kier molecular flexibility index (Phi) is 6.43. The Morgan fingerprint density at radius 3 is 2.65 bits per heavy atom. The van der Waals surface area contributed by atoms with E-state index in [-0.39, 0.29) is 18.1 Å². The molecule has 0 saturated heterocycles. The number of aromatic nitrogens is 1. The summed E-state index contributed by atoms with van der Waals surface area (Å²) in [5.74, 6) is 1.06. The van der Waals surface area contributed by atoms with Crippen LogP contribution in [0.1, 0.15) is 17.2 Å². The fourth-order valence-electron chi connectivity index (χ4n) is 3.20. The maximum Gasteiger partial charge on any atom is 0.227 e. The van der Waals surface area contributed by atoms with Crippen LogP contribution >= 0.6 is 11.3 Å². The predicted molar refractivity (Wildman–Crippen MR) is 119 cm³/mol. The van der Waals surface area contributed by atoms with Crippen LogP contribution in [-0.2, 0) is 17.8 Å². The average Bonchev–Trinajstić information content (AvgIpc) is 3.48. The molecule has 1 amide bonds. The first-order valence-corrected chi connectivity index (χ1v) is 10.7. The molecule has 4 rings (SSSR count). The summed E-state index contributed by atoms with van der Waals surface area (Å²) < 4.78 is 24.9. The second-order valence-electron chi connectivity index (χ2n) is 6.86. The van der Waals surface area contributed by atoms with Crippen LogP contribution in [0.3, 0.4) is 0 Å². The minimum Gasteiger partial charge on any atom is -0.497 e. The monoisotopic (exact) mass is 436 g/mol. The van der Waals surface area contributed by atoms with Gasteiger partial charge < -0.3 is 14.1 Å². The van der Waals surface area contributed by atoms with Crippen molar-refractivity contribution in [1.82, 2.24) is 4.98 Å². The summed E-state index contributed by atoms with van der Waals surface area (Å²) in [6, 6.07) is 17.7. The molecule has 0 bridgehead atoms. The topological polar surface area (TPSA) is 55.6 Å². The Morgan fingerprint density at radius 2 is 1.94 bits per heavy atom. The highest BCUT2D eigenvalue weighted by Crippen LogP contribution is 2.26. The summed E-state index contributed by atoms with van der Waals surface area (Å²) in [5, 5.41) is 1.99. The first-order valence-electron chi connectivity index (χ1n) is 9.80. The normalized spacial score (nSPS) is 10.8. The smallest absolute Gasteiger partial charge is 0.227 e. The molecule has 0 radical (unpaired) electrons. The van der Waals surface area contributed by atoms with E-state index in [1.165, 1.54) is 12.3 Å². The lowest BCUT2D eigenvalue weighted by molar-refractivity contribution is -0.118. The van der Waals surface area contributed by atoms with Crippen LogP contribution in [0.2, 0.25) is 0 Å². The highest BCUT2D eigenvalue weighted by Gasteiger charge is 2.19. The number of ether oxygens (including phenoxy) is 1. The number of carbonyl (C=O) groups excluding carboxylic acids is 1. The molecule has 0 unspecified atom stereocenters. The highest BCUT2D eigenvalue weighted by molar-refractivity contribution is 7.09. The minimum atomic E-state index is -0.372. The number of nitrogens with zero attached hydrogens (tertiary/aromatic N) is 2. The molecule has 0 N–H and O–H groups in total. The lowest BCUT2D eigenvalue weighted by Crippen LogP contribution is -2.30. The van der Waals surface area contributed by atoms with Crippen molar-refractivity contribution in [1.29, 1.82) is 0 Å². The zero-order valence-corrected chi connectivity index (χ0v) is 17.8. The van der Waals surface area contributed by atoms with Gasteiger partial charge >= 0.3 is 0 Å². The summed E-state index contributed by atoms with van der Waals surface area (Å²) in [4.78, 5) is 20.1. The number of aryl methyl sites for hydroxylation is 1. The van der Waals surface area contributed by atoms with Crippen LogP contribution in [0.25, 0.3) is 11.3 Å². The van der Waals surface area contributed by atoms with Gasteiger partial charge in [-0.25, -0.2) is 9.37 Å². The van der Waals surface area contributed by atoms with Crippen molar-refractivity contribution in [2.24, 2.45) is 0 Å². The molecular weight excluding hydrogens is 415 g/mol. The largest absolute Gasteiger partial charge is 0.497 e. The fourth-order valence-corrected chi connectivity index (χ4v) is 3.90. The Labute approximate surface area is 183 Å². The summed E-state index contributed by atoms with van der Waals surface area (Å²) in [6.45, 7) is 0.481. The Balaban J connectivity index is 1.48. The second kappa shape index (κ2) is 9.57. The molecule has 7 heteroatoms. The highest BCUT2D eigenvalue weighted by atomic mass is 32.1. The average molecular weight is 437 g/mol. The Bertz CT molecular complexity index is 1140. The lowest BCUT2D eigenvalue weighted by atomic mass is 10.2. The van der Waals surface area contributed by atoms with Gasteiger partial charge in [-0.1, -0.05) is 18.2 Å². The van der Waals surface area contributed by atoms with Crippen molar-refractivity contribution in [2.45, 2.75) is 19.4 Å². The number of anilines is 1. The molecule has 31 heavy (non-hydrogen) atoms. The first-order chi connectivity index (χ1) is 15.1. The van der Waals surface area contributed by atoms with Crippen molar-refractivity contribution < 1.29 is 18.3 Å². The molecule has 0 spiro atoms. The van der Waals surface area contributed by atoms with E-state index in [2.05, 4.69) is 4.98 Å². The number of methoxy groups -OCH3 is 1. The van der Waals surface area contributed by atoms with Crippen LogP contribution in [0.4, 0.5) is 10.1 Å². The van der Waals surface area contributed by atoms with Crippen molar-refractivity contribution in [3.63, 3.8) is 0 Å². The van der Waals surface area contributed by atoms with Gasteiger partial charge in [0.25, 0.3) is 0 Å². The number of rotatable bonds is 8. The second-order valence-corrected chi connectivity index (χ2v) is 7.89. The van der Waals surface area contributed by atoms with Gasteiger partial charge in [0.05, 0.1) is 25.4 Å². The number of halogens is 1. The molecule has 0 aliphatic rings. The number of oxazole rings is 1. The summed E-state index contributed by atoms with van der Waals surface area (Å²) in [7, 11) is 1.61. The third-order valence-corrected chi connectivity index (χ3v) is 5.69. The summed E-state index contributed by atoms with van der Waals surface area (Å²) >= 11 is 1.60. The van der Waals surface area contributed by atoms with Crippen molar-refractivity contribution in [3.8, 4) is 17.1 Å². The fraction of sp³-hybridized carbons (Fsp3) is 0.167. The van der Waals surface area contributed by atoms with Gasteiger partial charge in [0.1, 0.15) is 11.6 Å². The molecule has 4 aromatic rings. The molecule has 0 aliphatic heterocycles. The van der Waals surface area contributed by atoms with Gasteiger partial charge in [0.15, 0.2) is 11.7 Å². The number of thiophene rings is 1. The predicted octanol–water partition coefficient (Wildman–Crippen LogP) is 5.72. The van der Waals surface area contributed by atoms with E-state index >= 15 is 0 Å². The SMILES string of the molecule is COc1ccc(N(Cc2cccs2)C(=O)CCc2ncc(-c3ccccc3F)o2)cc1. The molecule has 2 aromatic heterocycles. The standard InChI is InChI=1S/C24H21FN2O3S/c1-29-18-10-8-17(9-11-18)27(16-19-5-4-14-31-19)24(28)13-12-23-26-15-22(30-23)20-6-2-3-7-21(20)25/h2-11,14-15H,12-13,16H2,1H3. The van der Waals surface area contributed by atoms with E-state index in [0.29, 0.717) is 30.2 Å². The molecule has 5 nitrogen and oxygen atoms in total. The number of amides is 1. The van der Waals surface area contributed by atoms with Crippen molar-refractivity contribution in [3.05, 3.63) is 88.8 Å². The van der Waals surface area contributed by atoms with Crippen molar-refractivity contribution >= 4 is 22.9 Å². The van der Waals surface area contributed by atoms with Gasteiger partial charge in [-0.05, 0) is 47.8 Å². The Hall–Kier alpha value is -3.45. The van der Waals surface area contributed by atoms with Crippen LogP contribution in [0, 0.1) is 5.82 Å². The molecule has 2 aromatic carbocycles. The van der Waals surface area contributed by atoms with Crippen LogP contribution < -0.4 is 9.64 Å². The zero-order chi connectivity index (χ0) is 21.6. The van der Waals surface area contributed by atoms with Crippen LogP contribution in [0.5, 0.6) is 5.75 Å². The van der Waals surface area contributed by atoms with E-state index < -0.39 is 0 Å². The summed E-state index contributed by atoms with van der Waals surface area (Å²) in [5.41, 5.74) is 1.14. The zero-order valence-electron chi connectivity index (χ0n) is 17.0. The molecule has 0 saturated carbocycles. The molecular formula is C24H21FN2O3S. The van der Waals surface area contributed by atoms with Gasteiger partial charge in [-0.2, -0.15) is 0 Å². The van der Waals surface area contributed by atoms with Crippen LogP contribution in [-0.4, -0.2) is 18.0 Å². The third-order valence-electron chi connectivity index (χ3n) is 4.82. The quantitative estimate of drug-likeness (QED) is 0.355. The molecule has 2 heterocycles. The van der Waals surface area contributed by atoms with E-state index in [1.54, 1.807) is 41.5 Å². The minimum absolute atomic E-state index is 0.0517. The first kappa shape index (κ1) is 20.8. The van der Waals surface area contributed by atoms with E-state index in [4.69, 9.17) is 9.15 Å². The van der Waals surface area contributed by atoms with E-state index in [0.717, 1.165) is 16.3 Å². The Morgan fingerprint density at radius 1 is 1.13 bits per heavy atom. The van der Waals surface area contributed by atoms with Crippen molar-refractivity contribution in [2.75, 3.05) is 12.0 Å². The molecule has 0 fully saturated rings. The van der Waals surface area contributed by atoms with E-state index in [9.17, 15) is 9.18 Å². The molecule has 158 valence electrons. The van der Waals surface area contributed by atoms with Gasteiger partial charge in [-0.3, -0.25) is 4.79 Å². The van der Waals surface area contributed by atoms with Gasteiger partial charge in [0, 0.05) is 23.4 Å². The molecule has 0 atom stereocenters. The third kappa shape index (κ3) is 5.00. The van der Waals surface area contributed by atoms with Crippen LogP contribution in [0.15, 0.2) is 76.7 Å². The number of hydrogen-bond donors (Lipinski definition) is 0. The lowest BCUT2D eigenvalue weighted by Gasteiger charge is -2.22. The number of hydrogen-bond acceptors (Lipinski definition) is 5. The summed E-state index contributed by atoms with van der Waals surface area (Å²) in [6.07, 6.45) is 2.03. The van der Waals surface area contributed by atoms with E-state index in [1.807, 2.05) is 41.8 Å². The maximum atomic E-state index is 14.0. The number of benzene rings is 2.